The van der Waals surface area contributed by atoms with Crippen molar-refractivity contribution in [2.75, 3.05) is 17.6 Å². The van der Waals surface area contributed by atoms with E-state index in [9.17, 15) is 9.18 Å². The molecule has 0 spiro atoms. The van der Waals surface area contributed by atoms with Crippen LogP contribution < -0.4 is 16.8 Å². The summed E-state index contributed by atoms with van der Waals surface area (Å²) in [5.41, 5.74) is 16.0. The van der Waals surface area contributed by atoms with Crippen LogP contribution in [-0.4, -0.2) is 28.7 Å². The number of nitrogen functional groups attached to an aromatic ring is 1. The molecule has 1 aliphatic carbocycles. The maximum Gasteiger partial charge on any atom is 0.130 e. The molecule has 2 aromatic rings. The van der Waals surface area contributed by atoms with Crippen LogP contribution in [0, 0.1) is 12.7 Å². The summed E-state index contributed by atoms with van der Waals surface area (Å²) in [7, 11) is 1.87. The lowest BCUT2D eigenvalue weighted by Gasteiger charge is -2.32. The van der Waals surface area contributed by atoms with Crippen LogP contribution in [-0.2, 0) is 30.1 Å². The van der Waals surface area contributed by atoms with Gasteiger partial charge < -0.3 is 21.6 Å². The Morgan fingerprint density at radius 2 is 2.19 bits per heavy atom. The first kappa shape index (κ1) is 19.4. The van der Waals surface area contributed by atoms with E-state index in [1.807, 2.05) is 20.9 Å². The number of benzene rings is 1. The van der Waals surface area contributed by atoms with E-state index in [0.29, 0.717) is 6.42 Å². The van der Waals surface area contributed by atoms with Crippen LogP contribution in [0.5, 0.6) is 0 Å². The smallest absolute Gasteiger partial charge is 0.130 e. The zero-order chi connectivity index (χ0) is 19.8. The molecule has 0 saturated heterocycles. The quantitative estimate of drug-likeness (QED) is 0.666. The van der Waals surface area contributed by atoms with Crippen molar-refractivity contribution < 1.29 is 9.18 Å². The number of aromatic nitrogens is 2. The van der Waals surface area contributed by atoms with Crippen LogP contribution >= 0.6 is 0 Å². The predicted molar refractivity (Wildman–Crippen MR) is 105 cm³/mol. The topological polar surface area (TPSA) is 99.0 Å². The van der Waals surface area contributed by atoms with E-state index in [4.69, 9.17) is 11.5 Å². The number of nitrogens with one attached hydrogen (secondary N) is 1. The van der Waals surface area contributed by atoms with Gasteiger partial charge in [0.05, 0.1) is 11.1 Å². The second-order valence-corrected chi connectivity index (χ2v) is 7.79. The van der Waals surface area contributed by atoms with Gasteiger partial charge in [0, 0.05) is 30.9 Å². The molecule has 1 aromatic heterocycles. The second-order valence-electron chi connectivity index (χ2n) is 7.79. The number of aryl methyl sites for hydroxylation is 3. The first-order valence-corrected chi connectivity index (χ1v) is 9.32. The third kappa shape index (κ3) is 3.69. The molecule has 2 aliphatic rings. The van der Waals surface area contributed by atoms with Crippen molar-refractivity contribution in [2.24, 2.45) is 12.8 Å². The minimum Gasteiger partial charge on any atom is -0.385 e. The fraction of sp³-hybridized carbons (Fsp3) is 0.500. The molecule has 0 amide bonds. The highest BCUT2D eigenvalue weighted by Gasteiger charge is 2.33. The number of carbonyl (C=O) groups excluding carboxylic acids is 1. The highest BCUT2D eigenvalue weighted by atomic mass is 19.1. The summed E-state index contributed by atoms with van der Waals surface area (Å²) in [5, 5.41) is 7.54. The van der Waals surface area contributed by atoms with Crippen molar-refractivity contribution >= 4 is 17.8 Å². The molecule has 0 bridgehead atoms. The number of fused-ring (bicyclic) bond motifs is 2. The number of hydrogen-bond donors (Lipinski definition) is 3. The van der Waals surface area contributed by atoms with E-state index in [0.717, 1.165) is 66.0 Å². The molecule has 2 heterocycles. The summed E-state index contributed by atoms with van der Waals surface area (Å²) in [5.74, 6) is 0.503. The van der Waals surface area contributed by atoms with Crippen molar-refractivity contribution in [1.29, 1.82) is 0 Å². The molecule has 1 aliphatic heterocycles. The van der Waals surface area contributed by atoms with E-state index >= 15 is 0 Å². The van der Waals surface area contributed by atoms with Crippen LogP contribution in [0.25, 0.3) is 0 Å². The Bertz CT molecular complexity index is 863. The molecule has 0 saturated carbocycles. The Morgan fingerprint density at radius 3 is 2.89 bits per heavy atom. The van der Waals surface area contributed by atoms with Gasteiger partial charge in [0.1, 0.15) is 17.9 Å². The van der Waals surface area contributed by atoms with Gasteiger partial charge in [0.15, 0.2) is 0 Å². The molecule has 5 N–H and O–H groups in total. The highest BCUT2D eigenvalue weighted by molar-refractivity contribution is 5.76. The molecule has 2 unspecified atom stereocenters. The lowest BCUT2D eigenvalue weighted by Crippen LogP contribution is -2.33. The predicted octanol–water partition coefficient (Wildman–Crippen LogP) is 2.22. The SMILES string of the molecule is Cc1cc(F)cc2c1NCCC2(C)C=O.Cn1nc2c(c1N)CC(N)CC2. The van der Waals surface area contributed by atoms with Gasteiger partial charge in [-0.1, -0.05) is 0 Å². The van der Waals surface area contributed by atoms with Crippen LogP contribution in [0.2, 0.25) is 0 Å². The van der Waals surface area contributed by atoms with Crippen molar-refractivity contribution in [1.82, 2.24) is 9.78 Å². The van der Waals surface area contributed by atoms with Gasteiger partial charge in [-0.15, -0.1) is 0 Å². The van der Waals surface area contributed by atoms with Gasteiger partial charge in [-0.2, -0.15) is 5.10 Å². The monoisotopic (exact) mass is 373 g/mol. The molecule has 2 atom stereocenters. The minimum atomic E-state index is -0.548. The number of rotatable bonds is 1. The molecule has 27 heavy (non-hydrogen) atoms. The molecular formula is C20H28FN5O. The van der Waals surface area contributed by atoms with Crippen LogP contribution in [0.4, 0.5) is 15.9 Å². The Hall–Kier alpha value is -2.41. The zero-order valence-electron chi connectivity index (χ0n) is 16.2. The molecular weight excluding hydrogens is 345 g/mol. The first-order chi connectivity index (χ1) is 12.7. The fourth-order valence-corrected chi connectivity index (χ4v) is 3.88. The Kier molecular flexibility index (Phi) is 5.24. The number of carbonyl (C=O) groups is 1. The number of nitrogens with two attached hydrogens (primary N) is 2. The number of nitrogens with zero attached hydrogens (tertiary/aromatic N) is 2. The molecule has 0 fully saturated rings. The standard InChI is InChI=1S/C12H14FNO.C8H14N4/c1-8-5-9(13)6-10-11(8)14-4-3-12(10,2)7-15;1-12-8(10)6-4-5(9)2-3-7(6)11-12/h5-7,14H,3-4H2,1-2H3;5H,2-4,9-10H2,1H3. The second kappa shape index (κ2) is 7.31. The van der Waals surface area contributed by atoms with Crippen molar-refractivity contribution in [2.45, 2.75) is 51.0 Å². The van der Waals surface area contributed by atoms with E-state index < -0.39 is 5.41 Å². The average molecular weight is 373 g/mol. The van der Waals surface area contributed by atoms with Crippen LogP contribution in [0.1, 0.15) is 42.1 Å². The Balaban J connectivity index is 0.000000159. The maximum absolute atomic E-state index is 13.3. The normalized spacial score (nSPS) is 23.4. The fourth-order valence-electron chi connectivity index (χ4n) is 3.88. The van der Waals surface area contributed by atoms with E-state index in [1.54, 1.807) is 4.68 Å². The third-order valence-electron chi connectivity index (χ3n) is 5.62. The number of aldehydes is 1. The molecule has 4 rings (SSSR count). The number of hydrogen-bond acceptors (Lipinski definition) is 5. The maximum atomic E-state index is 13.3. The Morgan fingerprint density at radius 1 is 1.44 bits per heavy atom. The summed E-state index contributed by atoms with van der Waals surface area (Å²) < 4.78 is 15.0. The lowest BCUT2D eigenvalue weighted by molar-refractivity contribution is -0.112. The summed E-state index contributed by atoms with van der Waals surface area (Å²) in [4.78, 5) is 11.1. The highest BCUT2D eigenvalue weighted by Crippen LogP contribution is 2.37. The molecule has 1 aromatic carbocycles. The molecule has 6 nitrogen and oxygen atoms in total. The van der Waals surface area contributed by atoms with Gasteiger partial charge in [-0.05, 0) is 62.8 Å². The minimum absolute atomic E-state index is 0.268. The van der Waals surface area contributed by atoms with Gasteiger partial charge in [-0.3, -0.25) is 4.68 Å². The lowest BCUT2D eigenvalue weighted by atomic mass is 9.77. The summed E-state index contributed by atoms with van der Waals surface area (Å²) in [6.07, 6.45) is 4.53. The summed E-state index contributed by atoms with van der Waals surface area (Å²) in [6, 6.07) is 3.22. The third-order valence-corrected chi connectivity index (χ3v) is 5.62. The van der Waals surface area contributed by atoms with E-state index in [-0.39, 0.29) is 11.9 Å². The van der Waals surface area contributed by atoms with Gasteiger partial charge >= 0.3 is 0 Å². The van der Waals surface area contributed by atoms with E-state index in [1.165, 1.54) is 12.1 Å². The molecule has 146 valence electrons. The summed E-state index contributed by atoms with van der Waals surface area (Å²) in [6.45, 7) is 4.47. The molecule has 7 heteroatoms. The van der Waals surface area contributed by atoms with Crippen LogP contribution in [0.15, 0.2) is 12.1 Å². The van der Waals surface area contributed by atoms with Crippen molar-refractivity contribution in [3.8, 4) is 0 Å². The summed E-state index contributed by atoms with van der Waals surface area (Å²) >= 11 is 0. The van der Waals surface area contributed by atoms with Crippen molar-refractivity contribution in [3.05, 3.63) is 40.3 Å². The van der Waals surface area contributed by atoms with Crippen LogP contribution in [0.3, 0.4) is 0 Å². The average Bonchev–Trinajstić information content (AvgIpc) is 2.91. The van der Waals surface area contributed by atoms with Crippen molar-refractivity contribution in [3.63, 3.8) is 0 Å². The first-order valence-electron chi connectivity index (χ1n) is 9.32. The molecule has 0 radical (unpaired) electrons. The number of halogens is 1. The largest absolute Gasteiger partial charge is 0.385 e. The Labute approximate surface area is 159 Å². The number of anilines is 2. The zero-order valence-corrected chi connectivity index (χ0v) is 16.2. The van der Waals surface area contributed by atoms with Gasteiger partial charge in [0.25, 0.3) is 0 Å². The van der Waals surface area contributed by atoms with Gasteiger partial charge in [-0.25, -0.2) is 4.39 Å². The van der Waals surface area contributed by atoms with Gasteiger partial charge in [0.2, 0.25) is 0 Å². The van der Waals surface area contributed by atoms with E-state index in [2.05, 4.69) is 10.4 Å².